The average molecular weight is 350 g/mol. The molecule has 1 unspecified atom stereocenters. The zero-order valence-electron chi connectivity index (χ0n) is 14.1. The van der Waals surface area contributed by atoms with E-state index in [9.17, 15) is 4.79 Å². The van der Waals surface area contributed by atoms with Crippen LogP contribution >= 0.6 is 11.6 Å². The fraction of sp³-hybridized carbons (Fsp3) is 0.136. The lowest BCUT2D eigenvalue weighted by atomic mass is 9.97. The van der Waals surface area contributed by atoms with E-state index in [4.69, 9.17) is 11.6 Å². The van der Waals surface area contributed by atoms with Gasteiger partial charge in [0, 0.05) is 22.7 Å². The molecule has 0 fully saturated rings. The molecule has 25 heavy (non-hydrogen) atoms. The van der Waals surface area contributed by atoms with E-state index >= 15 is 0 Å². The number of aryl methyl sites for hydroxylation is 1. The van der Waals surface area contributed by atoms with Crippen molar-refractivity contribution in [1.82, 2.24) is 0 Å². The predicted molar refractivity (Wildman–Crippen MR) is 104 cm³/mol. The summed E-state index contributed by atoms with van der Waals surface area (Å²) < 4.78 is 0. The molecule has 0 bridgehead atoms. The predicted octanol–water partition coefficient (Wildman–Crippen LogP) is 6.07. The highest BCUT2D eigenvalue weighted by atomic mass is 35.5. The Morgan fingerprint density at radius 3 is 2.36 bits per heavy atom. The Balaban J connectivity index is 1.83. The maximum absolute atomic E-state index is 12.7. The third-order valence-corrected chi connectivity index (χ3v) is 4.37. The molecule has 2 nitrogen and oxygen atoms in total. The number of benzene rings is 3. The van der Waals surface area contributed by atoms with Crippen LogP contribution in [0.15, 0.2) is 78.9 Å². The van der Waals surface area contributed by atoms with Gasteiger partial charge in [0.2, 0.25) is 0 Å². The van der Waals surface area contributed by atoms with Crippen LogP contribution in [0.1, 0.15) is 33.9 Å². The van der Waals surface area contributed by atoms with E-state index in [1.165, 1.54) is 0 Å². The zero-order valence-corrected chi connectivity index (χ0v) is 14.8. The van der Waals surface area contributed by atoms with Gasteiger partial charge in [-0.1, -0.05) is 77.8 Å². The van der Waals surface area contributed by atoms with Crippen molar-refractivity contribution in [3.63, 3.8) is 0 Å². The minimum absolute atomic E-state index is 0.114. The van der Waals surface area contributed by atoms with E-state index in [1.54, 1.807) is 0 Å². The van der Waals surface area contributed by atoms with Crippen LogP contribution in [0.25, 0.3) is 0 Å². The summed E-state index contributed by atoms with van der Waals surface area (Å²) in [5, 5.41) is 4.11. The molecule has 0 saturated heterocycles. The molecule has 0 spiro atoms. The summed E-state index contributed by atoms with van der Waals surface area (Å²) in [6.07, 6.45) is 0.375. The van der Waals surface area contributed by atoms with Crippen molar-refractivity contribution >= 4 is 23.1 Å². The van der Waals surface area contributed by atoms with Gasteiger partial charge in [-0.25, -0.2) is 0 Å². The van der Waals surface area contributed by atoms with Gasteiger partial charge < -0.3 is 5.32 Å². The maximum atomic E-state index is 12.7. The van der Waals surface area contributed by atoms with Crippen LogP contribution in [0.2, 0.25) is 5.02 Å². The number of hydrogen-bond acceptors (Lipinski definition) is 2. The van der Waals surface area contributed by atoms with E-state index < -0.39 is 0 Å². The third kappa shape index (κ3) is 4.71. The highest BCUT2D eigenvalue weighted by Gasteiger charge is 2.17. The normalized spacial score (nSPS) is 11.8. The molecule has 1 atom stereocenters. The molecular formula is C22H20ClNO. The first-order chi connectivity index (χ1) is 12.1. The molecule has 0 saturated carbocycles. The molecular weight excluding hydrogens is 330 g/mol. The largest absolute Gasteiger partial charge is 0.378 e. The summed E-state index contributed by atoms with van der Waals surface area (Å²) in [6, 6.07) is 25.2. The quantitative estimate of drug-likeness (QED) is 0.547. The molecule has 0 aliphatic carbocycles. The number of nitrogens with one attached hydrogen (secondary N) is 1. The molecule has 0 aliphatic heterocycles. The van der Waals surface area contributed by atoms with E-state index in [1.807, 2.05) is 85.8 Å². The Morgan fingerprint density at radius 1 is 0.960 bits per heavy atom. The van der Waals surface area contributed by atoms with E-state index in [0.717, 1.165) is 22.4 Å². The smallest absolute Gasteiger partial charge is 0.165 e. The monoisotopic (exact) mass is 349 g/mol. The first kappa shape index (κ1) is 17.2. The maximum Gasteiger partial charge on any atom is 0.165 e. The number of anilines is 1. The number of halogens is 1. The average Bonchev–Trinajstić information content (AvgIpc) is 2.62. The van der Waals surface area contributed by atoms with Crippen molar-refractivity contribution in [1.29, 1.82) is 0 Å². The SMILES string of the molecule is Cc1ccc(C(=O)CC(Nc2cccc(Cl)c2)c2ccccc2)cc1. The summed E-state index contributed by atoms with van der Waals surface area (Å²) in [5.41, 5.74) is 3.86. The van der Waals surface area contributed by atoms with Crippen LogP contribution in [0.5, 0.6) is 0 Å². The second-order valence-corrected chi connectivity index (χ2v) is 6.55. The minimum Gasteiger partial charge on any atom is -0.378 e. The Hall–Kier alpha value is -2.58. The zero-order chi connectivity index (χ0) is 17.6. The standard InChI is InChI=1S/C22H20ClNO/c1-16-10-12-18(13-11-16)22(25)15-21(17-6-3-2-4-7-17)24-20-9-5-8-19(23)14-20/h2-14,21,24H,15H2,1H3. The number of carbonyl (C=O) groups excluding carboxylic acids is 1. The first-order valence-corrected chi connectivity index (χ1v) is 8.66. The summed E-state index contributed by atoms with van der Waals surface area (Å²) in [7, 11) is 0. The van der Waals surface area contributed by atoms with Gasteiger partial charge in [-0.2, -0.15) is 0 Å². The van der Waals surface area contributed by atoms with Crippen LogP contribution in [0.3, 0.4) is 0 Å². The number of ketones is 1. The van der Waals surface area contributed by atoms with Crippen LogP contribution < -0.4 is 5.32 Å². The van der Waals surface area contributed by atoms with Crippen molar-refractivity contribution in [3.8, 4) is 0 Å². The number of rotatable bonds is 6. The van der Waals surface area contributed by atoms with Gasteiger partial charge in [-0.05, 0) is 30.7 Å². The van der Waals surface area contributed by atoms with E-state index in [0.29, 0.717) is 11.4 Å². The molecule has 3 rings (SSSR count). The summed E-state index contributed by atoms with van der Waals surface area (Å²) in [6.45, 7) is 2.02. The number of Topliss-reactive ketones (excluding diaryl/α,β-unsaturated/α-hetero) is 1. The minimum atomic E-state index is -0.117. The lowest BCUT2D eigenvalue weighted by Crippen LogP contribution is -2.15. The van der Waals surface area contributed by atoms with Crippen LogP contribution in [-0.4, -0.2) is 5.78 Å². The molecule has 0 aliphatic rings. The Labute approximate surface area is 153 Å². The molecule has 0 aromatic heterocycles. The number of carbonyl (C=O) groups is 1. The van der Waals surface area contributed by atoms with Gasteiger partial charge in [0.25, 0.3) is 0 Å². The van der Waals surface area contributed by atoms with Gasteiger partial charge in [0.05, 0.1) is 6.04 Å². The van der Waals surface area contributed by atoms with Crippen molar-refractivity contribution in [3.05, 3.63) is 101 Å². The Bertz CT molecular complexity index is 843. The molecule has 0 radical (unpaired) electrons. The summed E-state index contributed by atoms with van der Waals surface area (Å²) in [4.78, 5) is 12.7. The molecule has 0 amide bonds. The lowest BCUT2D eigenvalue weighted by molar-refractivity contribution is 0.0976. The van der Waals surface area contributed by atoms with Crippen molar-refractivity contribution in [2.24, 2.45) is 0 Å². The second kappa shape index (κ2) is 8.00. The van der Waals surface area contributed by atoms with Gasteiger partial charge in [-0.3, -0.25) is 4.79 Å². The Kier molecular flexibility index (Phi) is 5.52. The van der Waals surface area contributed by atoms with Crippen LogP contribution in [-0.2, 0) is 0 Å². The lowest BCUT2D eigenvalue weighted by Gasteiger charge is -2.20. The molecule has 0 heterocycles. The molecule has 1 N–H and O–H groups in total. The molecule has 3 aromatic rings. The third-order valence-electron chi connectivity index (χ3n) is 4.13. The molecule has 126 valence electrons. The van der Waals surface area contributed by atoms with Gasteiger partial charge in [-0.15, -0.1) is 0 Å². The molecule has 3 aromatic carbocycles. The number of hydrogen-bond donors (Lipinski definition) is 1. The van der Waals surface area contributed by atoms with E-state index in [-0.39, 0.29) is 11.8 Å². The second-order valence-electron chi connectivity index (χ2n) is 6.11. The van der Waals surface area contributed by atoms with Crippen LogP contribution in [0, 0.1) is 6.92 Å². The van der Waals surface area contributed by atoms with Gasteiger partial charge >= 0.3 is 0 Å². The fourth-order valence-corrected chi connectivity index (χ4v) is 2.95. The van der Waals surface area contributed by atoms with Crippen molar-refractivity contribution < 1.29 is 4.79 Å². The van der Waals surface area contributed by atoms with Crippen molar-refractivity contribution in [2.75, 3.05) is 5.32 Å². The first-order valence-electron chi connectivity index (χ1n) is 8.29. The van der Waals surface area contributed by atoms with E-state index in [2.05, 4.69) is 5.32 Å². The fourth-order valence-electron chi connectivity index (χ4n) is 2.76. The summed E-state index contributed by atoms with van der Waals surface area (Å²) >= 11 is 6.08. The topological polar surface area (TPSA) is 29.1 Å². The van der Waals surface area contributed by atoms with Gasteiger partial charge in [0.1, 0.15) is 0 Å². The van der Waals surface area contributed by atoms with Crippen molar-refractivity contribution in [2.45, 2.75) is 19.4 Å². The molecule has 3 heteroatoms. The van der Waals surface area contributed by atoms with Crippen LogP contribution in [0.4, 0.5) is 5.69 Å². The highest BCUT2D eigenvalue weighted by molar-refractivity contribution is 6.30. The summed E-state index contributed by atoms with van der Waals surface area (Å²) in [5.74, 6) is 0.114. The Morgan fingerprint density at radius 2 is 1.68 bits per heavy atom. The highest BCUT2D eigenvalue weighted by Crippen LogP contribution is 2.26. The van der Waals surface area contributed by atoms with Gasteiger partial charge in [0.15, 0.2) is 5.78 Å².